The number of ether oxygens (including phenoxy) is 1. The summed E-state index contributed by atoms with van der Waals surface area (Å²) in [6, 6.07) is 7.78. The van der Waals surface area contributed by atoms with Gasteiger partial charge in [0.1, 0.15) is 15.7 Å². The van der Waals surface area contributed by atoms with E-state index in [1.165, 1.54) is 11.8 Å². The smallest absolute Gasteiger partial charge is 0.224 e. The van der Waals surface area contributed by atoms with E-state index < -0.39 is 5.54 Å². The third-order valence-corrected chi connectivity index (χ3v) is 6.23. The van der Waals surface area contributed by atoms with E-state index in [2.05, 4.69) is 6.92 Å². The molecular formula is C17H24N2O2S2. The van der Waals surface area contributed by atoms with Crippen molar-refractivity contribution in [3.05, 3.63) is 29.8 Å². The van der Waals surface area contributed by atoms with Gasteiger partial charge < -0.3 is 10.5 Å². The highest BCUT2D eigenvalue weighted by Crippen LogP contribution is 2.47. The van der Waals surface area contributed by atoms with Gasteiger partial charge in [0.25, 0.3) is 0 Å². The van der Waals surface area contributed by atoms with Gasteiger partial charge in [-0.15, -0.1) is 0 Å². The van der Waals surface area contributed by atoms with Gasteiger partial charge in [0.15, 0.2) is 0 Å². The van der Waals surface area contributed by atoms with Crippen LogP contribution in [-0.2, 0) is 4.79 Å². The molecule has 0 radical (unpaired) electrons. The molecule has 2 atom stereocenters. The molecule has 0 unspecified atom stereocenters. The first-order valence-electron chi connectivity index (χ1n) is 7.78. The molecule has 1 aliphatic rings. The molecule has 0 amide bonds. The number of nitrogens with two attached hydrogens (primary N) is 1. The van der Waals surface area contributed by atoms with Crippen molar-refractivity contribution in [2.45, 2.75) is 32.2 Å². The first-order valence-corrected chi connectivity index (χ1v) is 9.58. The maximum absolute atomic E-state index is 12.9. The Morgan fingerprint density at radius 3 is 2.48 bits per heavy atom. The molecule has 0 fully saturated rings. The van der Waals surface area contributed by atoms with Gasteiger partial charge in [-0.2, -0.15) is 0 Å². The van der Waals surface area contributed by atoms with E-state index in [1.807, 2.05) is 38.1 Å². The maximum Gasteiger partial charge on any atom is 0.224 e. The van der Waals surface area contributed by atoms with Gasteiger partial charge in [-0.25, -0.2) is 0 Å². The van der Waals surface area contributed by atoms with E-state index in [9.17, 15) is 4.79 Å². The summed E-state index contributed by atoms with van der Waals surface area (Å²) in [7, 11) is 1.64. The fraction of sp³-hybridized carbons (Fsp3) is 0.529. The Morgan fingerprint density at radius 2 is 2.00 bits per heavy atom. The van der Waals surface area contributed by atoms with Crippen LogP contribution < -0.4 is 10.5 Å². The summed E-state index contributed by atoms with van der Waals surface area (Å²) < 4.78 is 6.08. The molecule has 1 aromatic rings. The molecule has 126 valence electrons. The second-order valence-corrected chi connectivity index (χ2v) is 8.21. The Kier molecular flexibility index (Phi) is 6.17. The van der Waals surface area contributed by atoms with Crippen molar-refractivity contribution in [3.63, 3.8) is 0 Å². The normalized spacial score (nSPS) is 22.3. The van der Waals surface area contributed by atoms with Gasteiger partial charge >= 0.3 is 0 Å². The summed E-state index contributed by atoms with van der Waals surface area (Å²) in [6.45, 7) is 6.54. The summed E-state index contributed by atoms with van der Waals surface area (Å²) in [5, 5.41) is 0.106. The standard InChI is InChI=1S/C17H24N2O2S2/c1-5-22-16-19-17(11(2)3,15(20)23-16)14(10-18)12-6-8-13(21-4)9-7-12/h6-9,11,14H,5,10,18H2,1-4H3/t14-,17+/m1/s1. The topological polar surface area (TPSA) is 64.7 Å². The number of aliphatic imine (C=N–C) groups is 1. The number of rotatable bonds is 6. The summed E-state index contributed by atoms with van der Waals surface area (Å²) in [5.74, 6) is 1.64. The zero-order valence-electron chi connectivity index (χ0n) is 14.0. The minimum atomic E-state index is -0.786. The number of carbonyl (C=O) groups is 1. The van der Waals surface area contributed by atoms with Gasteiger partial charge in [0.2, 0.25) is 5.12 Å². The Balaban J connectivity index is 2.46. The van der Waals surface area contributed by atoms with Gasteiger partial charge in [-0.3, -0.25) is 9.79 Å². The van der Waals surface area contributed by atoms with Crippen LogP contribution >= 0.6 is 23.5 Å². The van der Waals surface area contributed by atoms with Crippen LogP contribution in [0.25, 0.3) is 0 Å². The summed E-state index contributed by atoms with van der Waals surface area (Å²) in [4.78, 5) is 17.7. The molecule has 4 nitrogen and oxygen atoms in total. The van der Waals surface area contributed by atoms with Crippen molar-refractivity contribution in [2.75, 3.05) is 19.4 Å². The van der Waals surface area contributed by atoms with E-state index in [-0.39, 0.29) is 17.0 Å². The summed E-state index contributed by atoms with van der Waals surface area (Å²) >= 11 is 2.89. The zero-order valence-corrected chi connectivity index (χ0v) is 15.7. The monoisotopic (exact) mass is 352 g/mol. The van der Waals surface area contributed by atoms with Gasteiger partial charge in [0, 0.05) is 12.5 Å². The number of thioether (sulfide) groups is 2. The number of hydrogen-bond acceptors (Lipinski definition) is 6. The van der Waals surface area contributed by atoms with Gasteiger partial charge in [0.05, 0.1) is 7.11 Å². The van der Waals surface area contributed by atoms with Crippen LogP contribution in [0, 0.1) is 5.92 Å². The van der Waals surface area contributed by atoms with E-state index in [0.29, 0.717) is 6.54 Å². The number of methoxy groups -OCH3 is 1. The minimum absolute atomic E-state index is 0.0770. The lowest BCUT2D eigenvalue weighted by Crippen LogP contribution is -2.47. The molecular weight excluding hydrogens is 328 g/mol. The minimum Gasteiger partial charge on any atom is -0.497 e. The van der Waals surface area contributed by atoms with E-state index >= 15 is 0 Å². The lowest BCUT2D eigenvalue weighted by Gasteiger charge is -2.36. The highest BCUT2D eigenvalue weighted by atomic mass is 32.2. The van der Waals surface area contributed by atoms with Crippen LogP contribution in [0.4, 0.5) is 0 Å². The first kappa shape index (κ1) is 18.4. The van der Waals surface area contributed by atoms with Crippen molar-refractivity contribution < 1.29 is 9.53 Å². The second-order valence-electron chi connectivity index (χ2n) is 5.74. The molecule has 0 aromatic heterocycles. The molecule has 0 aliphatic carbocycles. The van der Waals surface area contributed by atoms with Crippen LogP contribution in [-0.4, -0.2) is 34.4 Å². The Labute approximate surface area is 146 Å². The third-order valence-electron chi connectivity index (χ3n) is 4.22. The lowest BCUT2D eigenvalue weighted by molar-refractivity contribution is -0.117. The van der Waals surface area contributed by atoms with Crippen LogP contribution in [0.2, 0.25) is 0 Å². The van der Waals surface area contributed by atoms with Crippen LogP contribution in [0.1, 0.15) is 32.3 Å². The quantitative estimate of drug-likeness (QED) is 0.849. The van der Waals surface area contributed by atoms with Crippen LogP contribution in [0.15, 0.2) is 29.3 Å². The Hall–Kier alpha value is -0.980. The van der Waals surface area contributed by atoms with Crippen LogP contribution in [0.5, 0.6) is 5.75 Å². The summed E-state index contributed by atoms with van der Waals surface area (Å²) in [5.41, 5.74) is 6.33. The number of nitrogens with zero attached hydrogens (tertiary/aromatic N) is 1. The molecule has 2 rings (SSSR count). The van der Waals surface area contributed by atoms with Gasteiger partial charge in [-0.05, 0) is 41.1 Å². The Bertz CT molecular complexity index is 587. The van der Waals surface area contributed by atoms with Crippen molar-refractivity contribution in [3.8, 4) is 5.75 Å². The van der Waals surface area contributed by atoms with Crippen molar-refractivity contribution in [1.29, 1.82) is 0 Å². The third kappa shape index (κ3) is 3.44. The van der Waals surface area contributed by atoms with E-state index in [0.717, 1.165) is 21.4 Å². The lowest BCUT2D eigenvalue weighted by atomic mass is 9.73. The van der Waals surface area contributed by atoms with Gasteiger partial charge in [-0.1, -0.05) is 44.7 Å². The SMILES string of the molecule is CCSC1=N[C@@](C(C)C)([C@H](CN)c2ccc(OC)cc2)C(=O)S1. The average molecular weight is 353 g/mol. The van der Waals surface area contributed by atoms with Crippen molar-refractivity contribution >= 4 is 33.0 Å². The number of benzene rings is 1. The molecule has 2 N–H and O–H groups in total. The van der Waals surface area contributed by atoms with E-state index in [1.54, 1.807) is 18.9 Å². The molecule has 0 bridgehead atoms. The molecule has 0 saturated heterocycles. The second kappa shape index (κ2) is 7.73. The molecule has 0 spiro atoms. The van der Waals surface area contributed by atoms with E-state index in [4.69, 9.17) is 15.5 Å². The number of carbonyl (C=O) groups excluding carboxylic acids is 1. The summed E-state index contributed by atoms with van der Waals surface area (Å²) in [6.07, 6.45) is 0. The molecule has 0 saturated carbocycles. The maximum atomic E-state index is 12.9. The molecule has 6 heteroatoms. The predicted molar refractivity (Wildman–Crippen MR) is 101 cm³/mol. The van der Waals surface area contributed by atoms with Crippen molar-refractivity contribution in [1.82, 2.24) is 0 Å². The highest BCUT2D eigenvalue weighted by Gasteiger charge is 2.52. The average Bonchev–Trinajstić information content (AvgIpc) is 2.86. The highest BCUT2D eigenvalue weighted by molar-refractivity contribution is 8.45. The van der Waals surface area contributed by atoms with Crippen molar-refractivity contribution in [2.24, 2.45) is 16.6 Å². The fourth-order valence-electron chi connectivity index (χ4n) is 2.96. The van der Waals surface area contributed by atoms with Crippen LogP contribution in [0.3, 0.4) is 0 Å². The number of hydrogen-bond donors (Lipinski definition) is 1. The largest absolute Gasteiger partial charge is 0.497 e. The molecule has 1 aromatic carbocycles. The Morgan fingerprint density at radius 1 is 1.35 bits per heavy atom. The fourth-order valence-corrected chi connectivity index (χ4v) is 5.18. The molecule has 1 aliphatic heterocycles. The molecule has 23 heavy (non-hydrogen) atoms. The molecule has 1 heterocycles. The first-order chi connectivity index (χ1) is 11.0. The zero-order chi connectivity index (χ0) is 17.0. The predicted octanol–water partition coefficient (Wildman–Crippen LogP) is 3.51.